The molecule has 0 aliphatic rings. The third-order valence-electron chi connectivity index (χ3n) is 2.12. The molecule has 0 saturated heterocycles. The predicted octanol–water partition coefficient (Wildman–Crippen LogP) is 1.40. The van der Waals surface area contributed by atoms with Crippen molar-refractivity contribution in [3.63, 3.8) is 0 Å². The average Bonchev–Trinajstić information content (AvgIpc) is 2.41. The molecule has 5 heteroatoms. The summed E-state index contributed by atoms with van der Waals surface area (Å²) >= 11 is 0. The van der Waals surface area contributed by atoms with Gasteiger partial charge >= 0.3 is 0 Å². The van der Waals surface area contributed by atoms with Crippen LogP contribution in [0.3, 0.4) is 0 Å². The molecule has 1 N–H and O–H groups in total. The van der Waals surface area contributed by atoms with E-state index in [0.717, 1.165) is 5.56 Å². The third kappa shape index (κ3) is 4.99. The first kappa shape index (κ1) is 14.2. The second-order valence-corrected chi connectivity index (χ2v) is 3.38. The van der Waals surface area contributed by atoms with Gasteiger partial charge in [0.1, 0.15) is 5.75 Å². The number of rotatable bonds is 7. The average molecular weight is 251 g/mol. The van der Waals surface area contributed by atoms with Gasteiger partial charge in [-0.1, -0.05) is 18.2 Å². The molecule has 0 aliphatic heterocycles. The predicted molar refractivity (Wildman–Crippen MR) is 68.0 cm³/mol. The second kappa shape index (κ2) is 8.27. The number of benzene rings is 1. The Bertz CT molecular complexity index is 404. The number of methoxy groups -OCH3 is 2. The number of amides is 1. The molecular formula is C13H17NO4. The standard InChI is InChI=1S/C13H17NO4/c1-16-9-10-18-14-13(15)8-7-11-5-3-4-6-12(11)17-2/h3-8H,9-10H2,1-2H3,(H,14,15)/b8-7+. The number of hydroxylamine groups is 1. The first-order valence-electron chi connectivity index (χ1n) is 5.49. The largest absolute Gasteiger partial charge is 0.496 e. The molecule has 0 atom stereocenters. The van der Waals surface area contributed by atoms with E-state index in [1.807, 2.05) is 24.3 Å². The molecule has 1 amide bonds. The smallest absolute Gasteiger partial charge is 0.267 e. The summed E-state index contributed by atoms with van der Waals surface area (Å²) in [5, 5.41) is 0. The molecule has 0 aromatic heterocycles. The molecule has 0 heterocycles. The number of hydrogen-bond acceptors (Lipinski definition) is 4. The highest BCUT2D eigenvalue weighted by Crippen LogP contribution is 2.18. The summed E-state index contributed by atoms with van der Waals surface area (Å²) in [5.41, 5.74) is 3.10. The van der Waals surface area contributed by atoms with Crippen molar-refractivity contribution >= 4 is 12.0 Å². The molecule has 0 spiro atoms. The molecule has 0 bridgehead atoms. The molecule has 98 valence electrons. The second-order valence-electron chi connectivity index (χ2n) is 3.38. The van der Waals surface area contributed by atoms with Gasteiger partial charge in [0, 0.05) is 18.7 Å². The number of carbonyl (C=O) groups excluding carboxylic acids is 1. The van der Waals surface area contributed by atoms with Gasteiger partial charge in [0.05, 0.1) is 20.3 Å². The Labute approximate surface area is 106 Å². The zero-order valence-electron chi connectivity index (χ0n) is 10.5. The Morgan fingerprint density at radius 2 is 2.06 bits per heavy atom. The lowest BCUT2D eigenvalue weighted by Crippen LogP contribution is -2.23. The number of ether oxygens (including phenoxy) is 2. The number of hydrogen-bond donors (Lipinski definition) is 1. The maximum atomic E-state index is 11.4. The fourth-order valence-corrected chi connectivity index (χ4v) is 1.25. The molecule has 0 fully saturated rings. The molecule has 0 radical (unpaired) electrons. The minimum atomic E-state index is -0.336. The van der Waals surface area contributed by atoms with E-state index in [1.54, 1.807) is 20.3 Å². The number of para-hydroxylation sites is 1. The molecular weight excluding hydrogens is 234 g/mol. The zero-order chi connectivity index (χ0) is 13.2. The molecule has 0 aliphatic carbocycles. The summed E-state index contributed by atoms with van der Waals surface area (Å²) in [4.78, 5) is 16.2. The van der Waals surface area contributed by atoms with E-state index < -0.39 is 0 Å². The van der Waals surface area contributed by atoms with Gasteiger partial charge in [0.15, 0.2) is 0 Å². The molecule has 0 unspecified atom stereocenters. The van der Waals surface area contributed by atoms with Gasteiger partial charge in [-0.05, 0) is 12.1 Å². The van der Waals surface area contributed by atoms with Crippen molar-refractivity contribution in [2.45, 2.75) is 0 Å². The van der Waals surface area contributed by atoms with Gasteiger partial charge in [-0.2, -0.15) is 0 Å². The minimum absolute atomic E-state index is 0.310. The zero-order valence-corrected chi connectivity index (χ0v) is 10.5. The van der Waals surface area contributed by atoms with Crippen LogP contribution < -0.4 is 10.2 Å². The van der Waals surface area contributed by atoms with E-state index in [1.165, 1.54) is 6.08 Å². The monoisotopic (exact) mass is 251 g/mol. The maximum absolute atomic E-state index is 11.4. The van der Waals surface area contributed by atoms with Crippen molar-refractivity contribution in [3.05, 3.63) is 35.9 Å². The highest BCUT2D eigenvalue weighted by molar-refractivity contribution is 5.91. The van der Waals surface area contributed by atoms with Gasteiger partial charge in [0.25, 0.3) is 5.91 Å². The van der Waals surface area contributed by atoms with Crippen LogP contribution in [-0.4, -0.2) is 33.3 Å². The Balaban J connectivity index is 2.45. The quantitative estimate of drug-likeness (QED) is 0.452. The molecule has 0 saturated carbocycles. The number of carbonyl (C=O) groups is 1. The number of nitrogens with one attached hydrogen (secondary N) is 1. The van der Waals surface area contributed by atoms with Crippen LogP contribution in [0.2, 0.25) is 0 Å². The van der Waals surface area contributed by atoms with Crippen molar-refractivity contribution in [1.29, 1.82) is 0 Å². The molecule has 18 heavy (non-hydrogen) atoms. The topological polar surface area (TPSA) is 56.8 Å². The highest BCUT2D eigenvalue weighted by Gasteiger charge is 1.99. The Kier molecular flexibility index (Phi) is 6.53. The van der Waals surface area contributed by atoms with Crippen molar-refractivity contribution in [2.75, 3.05) is 27.4 Å². The van der Waals surface area contributed by atoms with Crippen LogP contribution in [0.15, 0.2) is 30.3 Å². The minimum Gasteiger partial charge on any atom is -0.496 e. The van der Waals surface area contributed by atoms with Gasteiger partial charge in [-0.25, -0.2) is 5.48 Å². The SMILES string of the molecule is COCCONC(=O)/C=C/c1ccccc1OC. The third-order valence-corrected chi connectivity index (χ3v) is 2.12. The molecule has 1 aromatic carbocycles. The van der Waals surface area contributed by atoms with E-state index in [0.29, 0.717) is 19.0 Å². The lowest BCUT2D eigenvalue weighted by atomic mass is 10.2. The molecule has 1 aromatic rings. The maximum Gasteiger partial charge on any atom is 0.267 e. The lowest BCUT2D eigenvalue weighted by Gasteiger charge is -2.04. The van der Waals surface area contributed by atoms with Crippen molar-refractivity contribution in [2.24, 2.45) is 0 Å². The Morgan fingerprint density at radius 1 is 1.28 bits per heavy atom. The summed E-state index contributed by atoms with van der Waals surface area (Å²) < 4.78 is 9.93. The summed E-state index contributed by atoms with van der Waals surface area (Å²) in [7, 11) is 3.15. The van der Waals surface area contributed by atoms with E-state index in [2.05, 4.69) is 5.48 Å². The highest BCUT2D eigenvalue weighted by atomic mass is 16.7. The van der Waals surface area contributed by atoms with Crippen LogP contribution in [0, 0.1) is 0 Å². The fourth-order valence-electron chi connectivity index (χ4n) is 1.25. The lowest BCUT2D eigenvalue weighted by molar-refractivity contribution is -0.129. The van der Waals surface area contributed by atoms with Crippen molar-refractivity contribution in [1.82, 2.24) is 5.48 Å². The summed E-state index contributed by atoms with van der Waals surface area (Å²) in [6, 6.07) is 7.42. The van der Waals surface area contributed by atoms with Gasteiger partial charge in [0.2, 0.25) is 0 Å². The van der Waals surface area contributed by atoms with Gasteiger partial charge in [-0.15, -0.1) is 0 Å². The molecule has 5 nitrogen and oxygen atoms in total. The van der Waals surface area contributed by atoms with Crippen LogP contribution in [0.1, 0.15) is 5.56 Å². The van der Waals surface area contributed by atoms with Crippen molar-refractivity contribution < 1.29 is 19.1 Å². The fraction of sp³-hybridized carbons (Fsp3) is 0.308. The first-order chi connectivity index (χ1) is 8.77. The Morgan fingerprint density at radius 3 is 2.78 bits per heavy atom. The van der Waals surface area contributed by atoms with E-state index in [-0.39, 0.29) is 5.91 Å². The Hall–Kier alpha value is -1.85. The van der Waals surface area contributed by atoms with Crippen molar-refractivity contribution in [3.8, 4) is 5.75 Å². The van der Waals surface area contributed by atoms with E-state index >= 15 is 0 Å². The summed E-state index contributed by atoms with van der Waals surface area (Å²) in [6.45, 7) is 0.737. The first-order valence-corrected chi connectivity index (χ1v) is 5.49. The van der Waals surface area contributed by atoms with Crippen LogP contribution in [0.5, 0.6) is 5.75 Å². The van der Waals surface area contributed by atoms with E-state index in [4.69, 9.17) is 14.3 Å². The summed E-state index contributed by atoms with van der Waals surface area (Å²) in [5.74, 6) is 0.374. The van der Waals surface area contributed by atoms with Crippen LogP contribution in [0.4, 0.5) is 0 Å². The van der Waals surface area contributed by atoms with Crippen LogP contribution in [0.25, 0.3) is 6.08 Å². The van der Waals surface area contributed by atoms with Crippen LogP contribution >= 0.6 is 0 Å². The summed E-state index contributed by atoms with van der Waals surface area (Å²) in [6.07, 6.45) is 3.04. The van der Waals surface area contributed by atoms with Crippen LogP contribution in [-0.2, 0) is 14.4 Å². The van der Waals surface area contributed by atoms with Gasteiger partial charge in [-0.3, -0.25) is 9.63 Å². The molecule has 1 rings (SSSR count). The normalized spacial score (nSPS) is 10.6. The van der Waals surface area contributed by atoms with E-state index in [9.17, 15) is 4.79 Å². The van der Waals surface area contributed by atoms with Gasteiger partial charge < -0.3 is 9.47 Å².